The minimum Gasteiger partial charge on any atom is -0.497 e. The van der Waals surface area contributed by atoms with Gasteiger partial charge in [-0.1, -0.05) is 18.2 Å². The SMILES string of the molecule is COc1ccc(CCC(C)NC(=O)c2cccc(C#N)c2)cc1. The number of nitrogens with zero attached hydrogens (tertiary/aromatic N) is 1. The lowest BCUT2D eigenvalue weighted by atomic mass is 10.1. The quantitative estimate of drug-likeness (QED) is 0.890. The van der Waals surface area contributed by atoms with Crippen molar-refractivity contribution in [2.45, 2.75) is 25.8 Å². The fraction of sp³-hybridized carbons (Fsp3) is 0.263. The Balaban J connectivity index is 1.87. The summed E-state index contributed by atoms with van der Waals surface area (Å²) in [6.45, 7) is 1.98. The van der Waals surface area contributed by atoms with Crippen LogP contribution in [0.3, 0.4) is 0 Å². The molecule has 1 atom stereocenters. The van der Waals surface area contributed by atoms with Gasteiger partial charge in [0.1, 0.15) is 5.75 Å². The second-order valence-electron chi connectivity index (χ2n) is 5.45. The number of amides is 1. The van der Waals surface area contributed by atoms with E-state index in [1.54, 1.807) is 31.4 Å². The van der Waals surface area contributed by atoms with Crippen LogP contribution in [0, 0.1) is 11.3 Å². The average molecular weight is 308 g/mol. The zero-order valence-electron chi connectivity index (χ0n) is 13.4. The molecule has 0 fully saturated rings. The molecule has 118 valence electrons. The van der Waals surface area contributed by atoms with Gasteiger partial charge < -0.3 is 10.1 Å². The summed E-state index contributed by atoms with van der Waals surface area (Å²) in [5.41, 5.74) is 2.21. The second-order valence-corrected chi connectivity index (χ2v) is 5.45. The van der Waals surface area contributed by atoms with Crippen molar-refractivity contribution in [3.05, 3.63) is 65.2 Å². The largest absolute Gasteiger partial charge is 0.497 e. The van der Waals surface area contributed by atoms with E-state index in [1.165, 1.54) is 5.56 Å². The third-order valence-electron chi connectivity index (χ3n) is 3.66. The van der Waals surface area contributed by atoms with Crippen molar-refractivity contribution in [3.8, 4) is 11.8 Å². The van der Waals surface area contributed by atoms with Crippen LogP contribution in [0.1, 0.15) is 34.8 Å². The van der Waals surface area contributed by atoms with Crippen LogP contribution in [-0.2, 0) is 6.42 Å². The Morgan fingerprint density at radius 2 is 2.00 bits per heavy atom. The van der Waals surface area contributed by atoms with Gasteiger partial charge in [0.2, 0.25) is 0 Å². The summed E-state index contributed by atoms with van der Waals surface area (Å²) in [5, 5.41) is 11.8. The van der Waals surface area contributed by atoms with Crippen LogP contribution in [0.4, 0.5) is 0 Å². The van der Waals surface area contributed by atoms with E-state index in [2.05, 4.69) is 5.32 Å². The van der Waals surface area contributed by atoms with Crippen LogP contribution < -0.4 is 10.1 Å². The molecule has 4 nitrogen and oxygen atoms in total. The third-order valence-corrected chi connectivity index (χ3v) is 3.66. The number of aryl methyl sites for hydroxylation is 1. The van der Waals surface area contributed by atoms with Gasteiger partial charge in [0.15, 0.2) is 0 Å². The van der Waals surface area contributed by atoms with Crippen LogP contribution in [0.15, 0.2) is 48.5 Å². The van der Waals surface area contributed by atoms with E-state index < -0.39 is 0 Å². The van der Waals surface area contributed by atoms with Crippen LogP contribution in [0.2, 0.25) is 0 Å². The van der Waals surface area contributed by atoms with Gasteiger partial charge >= 0.3 is 0 Å². The summed E-state index contributed by atoms with van der Waals surface area (Å²) in [5.74, 6) is 0.691. The third kappa shape index (κ3) is 4.86. The Kier molecular flexibility index (Phi) is 5.76. The van der Waals surface area contributed by atoms with Crippen molar-refractivity contribution in [2.24, 2.45) is 0 Å². The van der Waals surface area contributed by atoms with E-state index in [9.17, 15) is 4.79 Å². The molecule has 2 rings (SSSR count). The molecule has 2 aromatic carbocycles. The first kappa shape index (κ1) is 16.6. The molecule has 0 heterocycles. The maximum absolute atomic E-state index is 12.2. The molecule has 2 aromatic rings. The summed E-state index contributed by atoms with van der Waals surface area (Å²) in [4.78, 5) is 12.2. The fourth-order valence-corrected chi connectivity index (χ4v) is 2.28. The number of hydrogen-bond donors (Lipinski definition) is 1. The van der Waals surface area contributed by atoms with Crippen molar-refractivity contribution >= 4 is 5.91 Å². The lowest BCUT2D eigenvalue weighted by Crippen LogP contribution is -2.32. The first-order valence-corrected chi connectivity index (χ1v) is 7.56. The molecule has 1 unspecified atom stereocenters. The Morgan fingerprint density at radius 3 is 2.65 bits per heavy atom. The Bertz CT molecular complexity index is 702. The van der Waals surface area contributed by atoms with Gasteiger partial charge in [0.25, 0.3) is 5.91 Å². The zero-order valence-corrected chi connectivity index (χ0v) is 13.4. The Labute approximate surface area is 136 Å². The number of hydrogen-bond acceptors (Lipinski definition) is 3. The van der Waals surface area contributed by atoms with Gasteiger partial charge in [-0.25, -0.2) is 0 Å². The zero-order chi connectivity index (χ0) is 16.7. The molecule has 0 saturated heterocycles. The molecule has 0 radical (unpaired) electrons. The second kappa shape index (κ2) is 8.00. The number of carbonyl (C=O) groups is 1. The molecule has 23 heavy (non-hydrogen) atoms. The van der Waals surface area contributed by atoms with Gasteiger partial charge in [-0.15, -0.1) is 0 Å². The molecule has 0 aliphatic heterocycles. The number of benzene rings is 2. The fourth-order valence-electron chi connectivity index (χ4n) is 2.28. The number of methoxy groups -OCH3 is 1. The molecule has 1 N–H and O–H groups in total. The number of rotatable bonds is 6. The summed E-state index contributed by atoms with van der Waals surface area (Å²) in [6.07, 6.45) is 1.72. The standard InChI is InChI=1S/C19H20N2O2/c1-14(6-7-15-8-10-18(23-2)11-9-15)21-19(22)17-5-3-4-16(12-17)13-20/h3-5,8-12,14H,6-7H2,1-2H3,(H,21,22). The van der Waals surface area contributed by atoms with Gasteiger partial charge in [-0.05, 0) is 55.7 Å². The highest BCUT2D eigenvalue weighted by Crippen LogP contribution is 2.13. The summed E-state index contributed by atoms with van der Waals surface area (Å²) in [6, 6.07) is 16.7. The summed E-state index contributed by atoms with van der Waals surface area (Å²) in [7, 11) is 1.65. The lowest BCUT2D eigenvalue weighted by molar-refractivity contribution is 0.0938. The highest BCUT2D eigenvalue weighted by atomic mass is 16.5. The van der Waals surface area contributed by atoms with Gasteiger partial charge in [0, 0.05) is 11.6 Å². The Hall–Kier alpha value is -2.80. The number of ether oxygens (including phenoxy) is 1. The predicted molar refractivity (Wildman–Crippen MR) is 89.4 cm³/mol. The van der Waals surface area contributed by atoms with E-state index in [1.807, 2.05) is 37.3 Å². The van der Waals surface area contributed by atoms with E-state index in [4.69, 9.17) is 10.00 Å². The lowest BCUT2D eigenvalue weighted by Gasteiger charge is -2.14. The smallest absolute Gasteiger partial charge is 0.251 e. The van der Waals surface area contributed by atoms with Gasteiger partial charge in [-0.3, -0.25) is 4.79 Å². The van der Waals surface area contributed by atoms with Crippen molar-refractivity contribution in [2.75, 3.05) is 7.11 Å². The molecule has 0 saturated carbocycles. The molecule has 0 aliphatic rings. The average Bonchev–Trinajstić information content (AvgIpc) is 2.60. The monoisotopic (exact) mass is 308 g/mol. The predicted octanol–water partition coefficient (Wildman–Crippen LogP) is 3.32. The minimum atomic E-state index is -0.149. The van der Waals surface area contributed by atoms with Gasteiger partial charge in [-0.2, -0.15) is 5.26 Å². The molecule has 4 heteroatoms. The first-order valence-electron chi connectivity index (χ1n) is 7.56. The van der Waals surface area contributed by atoms with Crippen LogP contribution in [0.25, 0.3) is 0 Å². The molecule has 0 aromatic heterocycles. The molecular weight excluding hydrogens is 288 g/mol. The first-order chi connectivity index (χ1) is 11.1. The van der Waals surface area contributed by atoms with Crippen LogP contribution in [-0.4, -0.2) is 19.1 Å². The van der Waals surface area contributed by atoms with Crippen molar-refractivity contribution in [1.29, 1.82) is 5.26 Å². The highest BCUT2D eigenvalue weighted by molar-refractivity contribution is 5.94. The molecule has 0 bridgehead atoms. The maximum Gasteiger partial charge on any atom is 0.251 e. The number of carbonyl (C=O) groups excluding carboxylic acids is 1. The van der Waals surface area contributed by atoms with Crippen molar-refractivity contribution in [3.63, 3.8) is 0 Å². The molecule has 0 aliphatic carbocycles. The normalized spacial score (nSPS) is 11.3. The molecule has 0 spiro atoms. The Morgan fingerprint density at radius 1 is 1.26 bits per heavy atom. The number of nitrogens with one attached hydrogen (secondary N) is 1. The minimum absolute atomic E-state index is 0.0512. The molecular formula is C19H20N2O2. The van der Waals surface area contributed by atoms with E-state index in [0.29, 0.717) is 11.1 Å². The van der Waals surface area contributed by atoms with E-state index >= 15 is 0 Å². The van der Waals surface area contributed by atoms with E-state index in [-0.39, 0.29) is 11.9 Å². The van der Waals surface area contributed by atoms with Gasteiger partial charge in [0.05, 0.1) is 18.7 Å². The van der Waals surface area contributed by atoms with Crippen LogP contribution in [0.5, 0.6) is 5.75 Å². The molecule has 1 amide bonds. The van der Waals surface area contributed by atoms with E-state index in [0.717, 1.165) is 18.6 Å². The van der Waals surface area contributed by atoms with Crippen molar-refractivity contribution < 1.29 is 9.53 Å². The van der Waals surface area contributed by atoms with Crippen molar-refractivity contribution in [1.82, 2.24) is 5.32 Å². The number of nitriles is 1. The van der Waals surface area contributed by atoms with Crippen LogP contribution >= 0.6 is 0 Å². The summed E-state index contributed by atoms with van der Waals surface area (Å²) >= 11 is 0. The summed E-state index contributed by atoms with van der Waals surface area (Å²) < 4.78 is 5.14. The maximum atomic E-state index is 12.2. The topological polar surface area (TPSA) is 62.1 Å². The highest BCUT2D eigenvalue weighted by Gasteiger charge is 2.10.